The highest BCUT2D eigenvalue weighted by molar-refractivity contribution is 6.09. The predicted octanol–water partition coefficient (Wildman–Crippen LogP) is 2.57. The Morgan fingerprint density at radius 1 is 1.29 bits per heavy atom. The highest BCUT2D eigenvalue weighted by Crippen LogP contribution is 2.36. The molecular formula is C25H28FN5O4. The molecule has 1 aliphatic heterocycles. The summed E-state index contributed by atoms with van der Waals surface area (Å²) in [6.07, 6.45) is 3.07. The summed E-state index contributed by atoms with van der Waals surface area (Å²) in [4.78, 5) is 38.8. The Kier molecular flexibility index (Phi) is 6.14. The van der Waals surface area contributed by atoms with E-state index in [4.69, 9.17) is 4.74 Å². The number of halogens is 1. The van der Waals surface area contributed by atoms with Gasteiger partial charge in [0.05, 0.1) is 29.8 Å². The summed E-state index contributed by atoms with van der Waals surface area (Å²) in [6.45, 7) is 4.47. The molecule has 2 fully saturated rings. The smallest absolute Gasteiger partial charge is 0.255 e. The number of aryl methyl sites for hydroxylation is 1. The summed E-state index contributed by atoms with van der Waals surface area (Å²) < 4.78 is 19.9. The van der Waals surface area contributed by atoms with Crippen LogP contribution in [0.5, 0.6) is 5.75 Å². The molecule has 1 saturated heterocycles. The van der Waals surface area contributed by atoms with Gasteiger partial charge in [0.2, 0.25) is 5.91 Å². The Morgan fingerprint density at radius 2 is 2.09 bits per heavy atom. The van der Waals surface area contributed by atoms with E-state index >= 15 is 0 Å². The minimum absolute atomic E-state index is 0.0690. The van der Waals surface area contributed by atoms with Crippen molar-refractivity contribution >= 4 is 22.8 Å². The molecule has 184 valence electrons. The van der Waals surface area contributed by atoms with Crippen LogP contribution in [0.2, 0.25) is 0 Å². The van der Waals surface area contributed by atoms with E-state index in [9.17, 15) is 19.1 Å². The second-order valence-electron chi connectivity index (χ2n) is 9.27. The quantitative estimate of drug-likeness (QED) is 0.477. The van der Waals surface area contributed by atoms with Gasteiger partial charge in [-0.2, -0.15) is 0 Å². The number of benzene rings is 1. The number of aliphatic hydroxyl groups is 1. The van der Waals surface area contributed by atoms with Crippen LogP contribution in [0.4, 0.5) is 4.39 Å². The lowest BCUT2D eigenvalue weighted by Crippen LogP contribution is -2.43. The third-order valence-corrected chi connectivity index (χ3v) is 6.63. The number of rotatable bonds is 7. The van der Waals surface area contributed by atoms with E-state index in [0.717, 1.165) is 12.8 Å². The molecule has 10 heteroatoms. The van der Waals surface area contributed by atoms with E-state index in [0.29, 0.717) is 58.2 Å². The van der Waals surface area contributed by atoms with E-state index in [-0.39, 0.29) is 19.0 Å². The van der Waals surface area contributed by atoms with Crippen molar-refractivity contribution in [3.05, 3.63) is 41.6 Å². The van der Waals surface area contributed by atoms with Gasteiger partial charge in [-0.3, -0.25) is 9.59 Å². The molecule has 3 N–H and O–H groups in total. The number of nitrogens with one attached hydrogen (secondary N) is 2. The lowest BCUT2D eigenvalue weighted by Gasteiger charge is -2.16. The summed E-state index contributed by atoms with van der Waals surface area (Å²) in [5.41, 5.74) is 2.97. The molecule has 2 aromatic heterocycles. The number of likely N-dealkylation sites (tertiary alicyclic amines) is 1. The van der Waals surface area contributed by atoms with E-state index < -0.39 is 23.9 Å². The number of β-amino-alcohol motifs (C(OH)–C–C–N with tert-alkyl or cyclic N) is 1. The average molecular weight is 482 g/mol. The first-order valence-corrected chi connectivity index (χ1v) is 11.9. The molecule has 3 aromatic rings. The van der Waals surface area contributed by atoms with Crippen LogP contribution in [0.3, 0.4) is 0 Å². The fraction of sp³-hybridized carbons (Fsp3) is 0.440. The monoisotopic (exact) mass is 481 g/mol. The molecule has 9 nitrogen and oxygen atoms in total. The van der Waals surface area contributed by atoms with Crippen molar-refractivity contribution in [3.8, 4) is 17.0 Å². The molecule has 1 aliphatic carbocycles. The normalized spacial score (nSPS) is 19.8. The van der Waals surface area contributed by atoms with Crippen molar-refractivity contribution in [1.82, 2.24) is 25.2 Å². The second kappa shape index (κ2) is 9.26. The molecule has 3 heterocycles. The van der Waals surface area contributed by atoms with Crippen LogP contribution in [-0.2, 0) is 4.79 Å². The first-order chi connectivity index (χ1) is 16.9. The van der Waals surface area contributed by atoms with Crippen LogP contribution >= 0.6 is 0 Å². The molecule has 1 aromatic carbocycles. The number of aromatic nitrogens is 3. The molecule has 2 amide bonds. The number of aromatic amines is 1. The van der Waals surface area contributed by atoms with Crippen LogP contribution in [0.1, 0.15) is 42.2 Å². The highest BCUT2D eigenvalue weighted by Gasteiger charge is 2.35. The largest absolute Gasteiger partial charge is 0.492 e. The predicted molar refractivity (Wildman–Crippen MR) is 126 cm³/mol. The van der Waals surface area contributed by atoms with Crippen molar-refractivity contribution < 1.29 is 23.8 Å². The Balaban J connectivity index is 1.45. The topological polar surface area (TPSA) is 120 Å². The number of fused-ring (bicyclic) bond motifs is 1. The standard InChI is InChI=1S/C25H28FN5O4/c1-3-20(33)31-9-17(18(32)10-31)30-25(34)21-13(2)29-24-22(27-12-28-23(21)24)16-7-6-15(26)8-19(16)35-11-14-4-5-14/h6-8,12,14,17-18,29,32H,3-5,9-11H2,1-2H3,(H,30,34)/t17-,18-/m1/s1. The van der Waals surface area contributed by atoms with E-state index in [1.54, 1.807) is 24.8 Å². The Labute approximate surface area is 201 Å². The Hall–Kier alpha value is -3.53. The minimum Gasteiger partial charge on any atom is -0.492 e. The van der Waals surface area contributed by atoms with Gasteiger partial charge in [0.25, 0.3) is 5.91 Å². The van der Waals surface area contributed by atoms with E-state index in [1.807, 2.05) is 0 Å². The summed E-state index contributed by atoms with van der Waals surface area (Å²) in [6, 6.07) is 3.73. The number of hydrogen-bond donors (Lipinski definition) is 3. The van der Waals surface area contributed by atoms with Gasteiger partial charge in [-0.1, -0.05) is 6.92 Å². The van der Waals surface area contributed by atoms with Crippen LogP contribution in [0.25, 0.3) is 22.3 Å². The van der Waals surface area contributed by atoms with Gasteiger partial charge in [-0.05, 0) is 37.8 Å². The SMILES string of the molecule is CCC(=O)N1C[C@@H](O)[C@H](NC(=O)c2c(C)[nH]c3c(-c4ccc(F)cc4OCC4CC4)ncnc23)C1. The fourth-order valence-corrected chi connectivity index (χ4v) is 4.50. The number of ether oxygens (including phenoxy) is 1. The first kappa shape index (κ1) is 23.2. The van der Waals surface area contributed by atoms with Crippen molar-refractivity contribution in [2.45, 2.75) is 45.3 Å². The summed E-state index contributed by atoms with van der Waals surface area (Å²) in [5, 5.41) is 13.2. The van der Waals surface area contributed by atoms with Crippen LogP contribution in [-0.4, -0.2) is 68.6 Å². The van der Waals surface area contributed by atoms with Crippen LogP contribution in [0.15, 0.2) is 24.5 Å². The maximum Gasteiger partial charge on any atom is 0.255 e. The number of aliphatic hydroxyl groups excluding tert-OH is 1. The molecule has 35 heavy (non-hydrogen) atoms. The Morgan fingerprint density at radius 3 is 2.83 bits per heavy atom. The van der Waals surface area contributed by atoms with Gasteiger partial charge < -0.3 is 25.0 Å². The van der Waals surface area contributed by atoms with E-state index in [2.05, 4.69) is 20.3 Å². The molecule has 0 unspecified atom stereocenters. The summed E-state index contributed by atoms with van der Waals surface area (Å²) >= 11 is 0. The molecule has 5 rings (SSSR count). The zero-order valence-corrected chi connectivity index (χ0v) is 19.7. The lowest BCUT2D eigenvalue weighted by molar-refractivity contribution is -0.130. The zero-order chi connectivity index (χ0) is 24.7. The Bertz CT molecular complexity index is 1290. The second-order valence-corrected chi connectivity index (χ2v) is 9.27. The van der Waals surface area contributed by atoms with E-state index in [1.165, 1.54) is 18.5 Å². The van der Waals surface area contributed by atoms with Crippen molar-refractivity contribution in [3.63, 3.8) is 0 Å². The van der Waals surface area contributed by atoms with Crippen molar-refractivity contribution in [2.75, 3.05) is 19.7 Å². The summed E-state index contributed by atoms with van der Waals surface area (Å²) in [7, 11) is 0. The number of amides is 2. The van der Waals surface area contributed by atoms with Crippen LogP contribution < -0.4 is 10.1 Å². The minimum atomic E-state index is -0.851. The molecule has 0 radical (unpaired) electrons. The van der Waals surface area contributed by atoms with Gasteiger partial charge in [0.15, 0.2) is 0 Å². The van der Waals surface area contributed by atoms with Crippen molar-refractivity contribution in [1.29, 1.82) is 0 Å². The fourth-order valence-electron chi connectivity index (χ4n) is 4.50. The maximum atomic E-state index is 14.0. The van der Waals surface area contributed by atoms with Gasteiger partial charge >= 0.3 is 0 Å². The summed E-state index contributed by atoms with van der Waals surface area (Å²) in [5.74, 6) is 0.00952. The van der Waals surface area contributed by atoms with Gasteiger partial charge in [-0.25, -0.2) is 14.4 Å². The van der Waals surface area contributed by atoms with Gasteiger partial charge in [0, 0.05) is 36.8 Å². The van der Waals surface area contributed by atoms with Gasteiger partial charge in [-0.15, -0.1) is 0 Å². The number of nitrogens with zero attached hydrogens (tertiary/aromatic N) is 3. The third kappa shape index (κ3) is 4.58. The molecular weight excluding hydrogens is 453 g/mol. The molecule has 2 aliphatic rings. The number of carbonyl (C=O) groups is 2. The third-order valence-electron chi connectivity index (χ3n) is 6.63. The zero-order valence-electron chi connectivity index (χ0n) is 19.7. The number of hydrogen-bond acceptors (Lipinski definition) is 6. The maximum absolute atomic E-state index is 14.0. The molecule has 2 atom stereocenters. The molecule has 1 saturated carbocycles. The molecule has 0 bridgehead atoms. The first-order valence-electron chi connectivity index (χ1n) is 11.9. The highest BCUT2D eigenvalue weighted by atomic mass is 19.1. The van der Waals surface area contributed by atoms with Crippen molar-refractivity contribution in [2.24, 2.45) is 5.92 Å². The number of carbonyl (C=O) groups excluding carboxylic acids is 2. The molecule has 0 spiro atoms. The van der Waals surface area contributed by atoms with Crippen LogP contribution in [0, 0.1) is 18.7 Å². The lowest BCUT2D eigenvalue weighted by atomic mass is 10.1. The number of H-pyrrole nitrogens is 1. The van der Waals surface area contributed by atoms with Gasteiger partial charge in [0.1, 0.15) is 29.1 Å². The average Bonchev–Trinajstić information content (AvgIpc) is 3.51.